The van der Waals surface area contributed by atoms with Crippen LogP contribution in [0.1, 0.15) is 38.2 Å². The average Bonchev–Trinajstić information content (AvgIpc) is 2.50. The number of anilines is 1. The zero-order valence-electron chi connectivity index (χ0n) is 12.6. The molecule has 0 saturated heterocycles. The van der Waals surface area contributed by atoms with Crippen LogP contribution < -0.4 is 16.2 Å². The number of nitrogens with one attached hydrogen (secondary N) is 1. The van der Waals surface area contributed by atoms with Gasteiger partial charge in [0.25, 0.3) is 0 Å². The molecule has 1 fully saturated rings. The summed E-state index contributed by atoms with van der Waals surface area (Å²) < 4.78 is 0. The molecule has 21 heavy (non-hydrogen) atoms. The van der Waals surface area contributed by atoms with Crippen molar-refractivity contribution in [2.75, 3.05) is 5.32 Å². The minimum absolute atomic E-state index is 0.311. The van der Waals surface area contributed by atoms with Crippen molar-refractivity contribution < 1.29 is 0 Å². The van der Waals surface area contributed by atoms with Crippen LogP contribution in [0.2, 0.25) is 0 Å². The van der Waals surface area contributed by atoms with Crippen LogP contribution in [0.3, 0.4) is 0 Å². The lowest BCUT2D eigenvalue weighted by Gasteiger charge is -2.31. The van der Waals surface area contributed by atoms with Crippen molar-refractivity contribution >= 4 is 5.69 Å². The van der Waals surface area contributed by atoms with Crippen LogP contribution in [-0.2, 0) is 0 Å². The summed E-state index contributed by atoms with van der Waals surface area (Å²) in [6.45, 7) is 4.22. The number of aryl methyl sites for hydroxylation is 1. The molecule has 2 atom stereocenters. The Hall–Kier alpha value is -1.90. The van der Waals surface area contributed by atoms with Gasteiger partial charge in [-0.2, -0.15) is 0 Å². The van der Waals surface area contributed by atoms with E-state index in [9.17, 15) is 9.59 Å². The Balaban J connectivity index is 1.90. The van der Waals surface area contributed by atoms with Crippen LogP contribution >= 0.6 is 0 Å². The largest absolute Gasteiger partial charge is 0.378 e. The molecular formula is C18H21NO2. The standard InChI is InChI=1S/C18H21NO2/c1-11-7-9-13(10-8-11)15-16(18(21)17(15)20)19-14-6-4-3-5-12(14)2/h7-10,12,14,19H,3-6H2,1-2H3/t12-,14-/m0/s1. The Morgan fingerprint density at radius 2 is 1.67 bits per heavy atom. The summed E-state index contributed by atoms with van der Waals surface area (Å²) in [6, 6.07) is 8.09. The van der Waals surface area contributed by atoms with Gasteiger partial charge in [-0.1, -0.05) is 49.6 Å². The summed E-state index contributed by atoms with van der Waals surface area (Å²) in [7, 11) is 0. The molecule has 0 aliphatic heterocycles. The lowest BCUT2D eigenvalue weighted by molar-refractivity contribution is 0.349. The van der Waals surface area contributed by atoms with Crippen LogP contribution in [0.25, 0.3) is 11.1 Å². The molecule has 0 spiro atoms. The van der Waals surface area contributed by atoms with E-state index in [2.05, 4.69) is 12.2 Å². The molecule has 0 aromatic heterocycles. The van der Waals surface area contributed by atoms with E-state index >= 15 is 0 Å². The van der Waals surface area contributed by atoms with Gasteiger partial charge in [0.15, 0.2) is 0 Å². The summed E-state index contributed by atoms with van der Waals surface area (Å²) in [5.74, 6) is 0.550. The Labute approximate surface area is 124 Å². The fraction of sp³-hybridized carbons (Fsp3) is 0.444. The van der Waals surface area contributed by atoms with Crippen molar-refractivity contribution in [3.63, 3.8) is 0 Å². The molecule has 1 aliphatic carbocycles. The number of benzene rings is 1. The van der Waals surface area contributed by atoms with E-state index in [0.717, 1.165) is 17.5 Å². The zero-order chi connectivity index (χ0) is 15.0. The number of rotatable bonds is 3. The van der Waals surface area contributed by atoms with E-state index < -0.39 is 0 Å². The first-order chi connectivity index (χ1) is 10.1. The zero-order valence-corrected chi connectivity index (χ0v) is 12.6. The fourth-order valence-electron chi connectivity index (χ4n) is 3.24. The third-order valence-electron chi connectivity index (χ3n) is 4.69. The van der Waals surface area contributed by atoms with Gasteiger partial charge in [-0.3, -0.25) is 9.59 Å². The van der Waals surface area contributed by atoms with Gasteiger partial charge in [-0.15, -0.1) is 0 Å². The van der Waals surface area contributed by atoms with Crippen LogP contribution in [0.4, 0.5) is 5.69 Å². The number of hydrogen-bond acceptors (Lipinski definition) is 3. The van der Waals surface area contributed by atoms with Gasteiger partial charge in [0.2, 0.25) is 10.9 Å². The predicted molar refractivity (Wildman–Crippen MR) is 86.6 cm³/mol. The normalized spacial score (nSPS) is 22.4. The minimum Gasteiger partial charge on any atom is -0.378 e. The summed E-state index contributed by atoms with van der Waals surface area (Å²) in [4.78, 5) is 23.9. The first-order valence-electron chi connectivity index (χ1n) is 7.75. The average molecular weight is 283 g/mol. The van der Waals surface area contributed by atoms with Gasteiger partial charge in [0.1, 0.15) is 0 Å². The highest BCUT2D eigenvalue weighted by Gasteiger charge is 2.27. The predicted octanol–water partition coefficient (Wildman–Crippen LogP) is 3.25. The number of hydrogen-bond donors (Lipinski definition) is 1. The van der Waals surface area contributed by atoms with Gasteiger partial charge in [-0.05, 0) is 31.2 Å². The first kappa shape index (κ1) is 14.1. The molecule has 1 N–H and O–H groups in total. The minimum atomic E-state index is -0.358. The van der Waals surface area contributed by atoms with Gasteiger partial charge in [0, 0.05) is 6.04 Å². The molecule has 0 heterocycles. The van der Waals surface area contributed by atoms with E-state index in [-0.39, 0.29) is 10.9 Å². The molecule has 0 unspecified atom stereocenters. The van der Waals surface area contributed by atoms with E-state index in [1.165, 1.54) is 19.3 Å². The Morgan fingerprint density at radius 3 is 2.33 bits per heavy atom. The molecule has 2 aromatic carbocycles. The third-order valence-corrected chi connectivity index (χ3v) is 4.69. The van der Waals surface area contributed by atoms with Crippen molar-refractivity contribution in [1.29, 1.82) is 0 Å². The molecule has 0 radical (unpaired) electrons. The Kier molecular flexibility index (Phi) is 3.66. The van der Waals surface area contributed by atoms with Crippen LogP contribution in [0, 0.1) is 12.8 Å². The van der Waals surface area contributed by atoms with E-state index in [4.69, 9.17) is 0 Å². The van der Waals surface area contributed by atoms with E-state index in [0.29, 0.717) is 23.2 Å². The summed E-state index contributed by atoms with van der Waals surface area (Å²) in [6.07, 6.45) is 4.72. The molecule has 3 rings (SSSR count). The van der Waals surface area contributed by atoms with Crippen molar-refractivity contribution in [2.45, 2.75) is 45.6 Å². The molecule has 0 bridgehead atoms. The smallest absolute Gasteiger partial charge is 0.250 e. The maximum atomic E-state index is 11.9. The second kappa shape index (κ2) is 5.47. The van der Waals surface area contributed by atoms with Crippen LogP contribution in [0.15, 0.2) is 33.9 Å². The quantitative estimate of drug-likeness (QED) is 0.880. The Bertz CT molecular complexity index is 708. The van der Waals surface area contributed by atoms with Gasteiger partial charge in [-0.25, -0.2) is 0 Å². The lowest BCUT2D eigenvalue weighted by atomic mass is 9.85. The highest BCUT2D eigenvalue weighted by atomic mass is 16.2. The first-order valence-corrected chi connectivity index (χ1v) is 7.75. The highest BCUT2D eigenvalue weighted by molar-refractivity contribution is 5.82. The summed E-state index contributed by atoms with van der Waals surface area (Å²) >= 11 is 0. The van der Waals surface area contributed by atoms with Crippen molar-refractivity contribution in [3.05, 3.63) is 50.3 Å². The Morgan fingerprint density at radius 1 is 1.00 bits per heavy atom. The molecule has 2 aromatic rings. The molecule has 3 nitrogen and oxygen atoms in total. The molecule has 3 heteroatoms. The van der Waals surface area contributed by atoms with E-state index in [1.54, 1.807) is 0 Å². The lowest BCUT2D eigenvalue weighted by Crippen LogP contribution is -2.41. The van der Waals surface area contributed by atoms with Crippen molar-refractivity contribution in [3.8, 4) is 11.1 Å². The second-order valence-electron chi connectivity index (χ2n) is 6.29. The maximum absolute atomic E-state index is 11.9. The van der Waals surface area contributed by atoms with E-state index in [1.807, 2.05) is 31.2 Å². The monoisotopic (exact) mass is 283 g/mol. The van der Waals surface area contributed by atoms with Crippen molar-refractivity contribution in [1.82, 2.24) is 0 Å². The van der Waals surface area contributed by atoms with Gasteiger partial charge >= 0.3 is 0 Å². The molecule has 0 amide bonds. The van der Waals surface area contributed by atoms with Gasteiger partial charge in [0.05, 0.1) is 11.3 Å². The SMILES string of the molecule is Cc1ccc(-c2c(N[C@H]3CCCC[C@@H]3C)c(=O)c2=O)cc1. The third kappa shape index (κ3) is 2.53. The van der Waals surface area contributed by atoms with Gasteiger partial charge < -0.3 is 5.32 Å². The van der Waals surface area contributed by atoms with Crippen molar-refractivity contribution in [2.24, 2.45) is 5.92 Å². The summed E-state index contributed by atoms with van der Waals surface area (Å²) in [5, 5.41) is 3.36. The van der Waals surface area contributed by atoms with Crippen LogP contribution in [-0.4, -0.2) is 6.04 Å². The fourth-order valence-corrected chi connectivity index (χ4v) is 3.24. The maximum Gasteiger partial charge on any atom is 0.250 e. The van der Waals surface area contributed by atoms with Crippen LogP contribution in [0.5, 0.6) is 0 Å². The molecule has 1 saturated carbocycles. The second-order valence-corrected chi connectivity index (χ2v) is 6.29. The molecular weight excluding hydrogens is 262 g/mol. The molecule has 1 aliphatic rings. The topological polar surface area (TPSA) is 46.2 Å². The summed E-state index contributed by atoms with van der Waals surface area (Å²) in [5.41, 5.74) is 2.37. The highest BCUT2D eigenvalue weighted by Crippen LogP contribution is 2.30. The molecule has 110 valence electrons.